The van der Waals surface area contributed by atoms with Crippen LogP contribution < -0.4 is 5.32 Å². The van der Waals surface area contributed by atoms with Crippen LogP contribution in [0.5, 0.6) is 0 Å². The molecule has 0 aromatic carbocycles. The van der Waals surface area contributed by atoms with Gasteiger partial charge in [0.2, 0.25) is 0 Å². The lowest BCUT2D eigenvalue weighted by atomic mass is 10.2. The van der Waals surface area contributed by atoms with Gasteiger partial charge >= 0.3 is 5.69 Å². The maximum atomic E-state index is 11.6. The van der Waals surface area contributed by atoms with Crippen LogP contribution >= 0.6 is 0 Å². The number of carbonyl (C=O) groups excluding carboxylic acids is 1. The zero-order chi connectivity index (χ0) is 15.6. The largest absolute Gasteiger partial charge is 0.355 e. The average molecular weight is 289 g/mol. The van der Waals surface area contributed by atoms with Gasteiger partial charge in [0, 0.05) is 19.4 Å². The Balaban J connectivity index is 2.33. The molecule has 0 aliphatic heterocycles. The molecular weight excluding hydrogens is 274 g/mol. The summed E-state index contributed by atoms with van der Waals surface area (Å²) in [6, 6.07) is 1.69. The summed E-state index contributed by atoms with van der Waals surface area (Å²) in [5.74, 6) is -0.233. The SMILES string of the molecule is CNC(=O)c1cncc(Cn2nc(C)c([N+](=O)[O-])c2C)c1. The molecule has 0 bridgehead atoms. The van der Waals surface area contributed by atoms with E-state index >= 15 is 0 Å². The third-order valence-corrected chi connectivity index (χ3v) is 3.14. The van der Waals surface area contributed by atoms with Gasteiger partial charge in [-0.2, -0.15) is 5.10 Å². The van der Waals surface area contributed by atoms with Crippen LogP contribution in [0.3, 0.4) is 0 Å². The second-order valence-electron chi connectivity index (χ2n) is 4.60. The number of carbonyl (C=O) groups is 1. The van der Waals surface area contributed by atoms with Gasteiger partial charge in [-0.3, -0.25) is 24.6 Å². The van der Waals surface area contributed by atoms with Crippen LogP contribution in [0, 0.1) is 24.0 Å². The number of amides is 1. The minimum Gasteiger partial charge on any atom is -0.355 e. The number of aryl methyl sites for hydroxylation is 1. The van der Waals surface area contributed by atoms with Gasteiger partial charge in [-0.1, -0.05) is 0 Å². The lowest BCUT2D eigenvalue weighted by molar-refractivity contribution is -0.386. The molecule has 110 valence electrons. The Morgan fingerprint density at radius 2 is 2.14 bits per heavy atom. The molecule has 1 amide bonds. The summed E-state index contributed by atoms with van der Waals surface area (Å²) in [6.45, 7) is 3.56. The summed E-state index contributed by atoms with van der Waals surface area (Å²) in [6.07, 6.45) is 3.07. The predicted molar refractivity (Wildman–Crippen MR) is 75.1 cm³/mol. The first-order valence-corrected chi connectivity index (χ1v) is 6.28. The van der Waals surface area contributed by atoms with E-state index in [4.69, 9.17) is 0 Å². The van der Waals surface area contributed by atoms with Crippen molar-refractivity contribution in [2.45, 2.75) is 20.4 Å². The second kappa shape index (κ2) is 5.70. The van der Waals surface area contributed by atoms with Crippen molar-refractivity contribution in [3.8, 4) is 0 Å². The summed E-state index contributed by atoms with van der Waals surface area (Å²) in [5.41, 5.74) is 2.05. The van der Waals surface area contributed by atoms with E-state index in [1.807, 2.05) is 0 Å². The highest BCUT2D eigenvalue weighted by Gasteiger charge is 2.21. The Kier molecular flexibility index (Phi) is 3.97. The van der Waals surface area contributed by atoms with Gasteiger partial charge in [-0.15, -0.1) is 0 Å². The Bertz CT molecular complexity index is 708. The van der Waals surface area contributed by atoms with Crippen LogP contribution in [-0.4, -0.2) is 32.6 Å². The number of aromatic nitrogens is 3. The van der Waals surface area contributed by atoms with Crippen molar-refractivity contribution < 1.29 is 9.72 Å². The molecule has 0 aliphatic rings. The van der Waals surface area contributed by atoms with Crippen molar-refractivity contribution in [1.82, 2.24) is 20.1 Å². The maximum absolute atomic E-state index is 11.6. The molecule has 0 fully saturated rings. The molecule has 2 aromatic heterocycles. The van der Waals surface area contributed by atoms with Crippen LogP contribution in [0.2, 0.25) is 0 Å². The first kappa shape index (κ1) is 14.6. The summed E-state index contributed by atoms with van der Waals surface area (Å²) < 4.78 is 1.54. The molecule has 0 atom stereocenters. The van der Waals surface area contributed by atoms with Crippen LogP contribution in [0.25, 0.3) is 0 Å². The first-order valence-electron chi connectivity index (χ1n) is 6.28. The Labute approximate surface area is 121 Å². The highest BCUT2D eigenvalue weighted by molar-refractivity contribution is 5.93. The van der Waals surface area contributed by atoms with E-state index in [-0.39, 0.29) is 11.6 Å². The zero-order valence-electron chi connectivity index (χ0n) is 12.0. The third kappa shape index (κ3) is 2.88. The lowest BCUT2D eigenvalue weighted by Crippen LogP contribution is -2.18. The summed E-state index contributed by atoms with van der Waals surface area (Å²) in [5, 5.41) is 17.7. The lowest BCUT2D eigenvalue weighted by Gasteiger charge is -2.05. The van der Waals surface area contributed by atoms with Gasteiger partial charge in [0.25, 0.3) is 5.91 Å². The molecule has 2 rings (SSSR count). The van der Waals surface area contributed by atoms with E-state index in [1.165, 1.54) is 10.9 Å². The minimum absolute atomic E-state index is 0.0189. The van der Waals surface area contributed by atoms with Crippen molar-refractivity contribution in [2.24, 2.45) is 0 Å². The standard InChI is InChI=1S/C13H15N5O3/c1-8-12(18(20)21)9(2)17(16-8)7-10-4-11(6-15-5-10)13(19)14-3/h4-6H,7H2,1-3H3,(H,14,19). The number of pyridine rings is 1. The van der Waals surface area contributed by atoms with E-state index < -0.39 is 4.92 Å². The van der Waals surface area contributed by atoms with E-state index in [9.17, 15) is 14.9 Å². The fourth-order valence-electron chi connectivity index (χ4n) is 2.12. The molecule has 2 aromatic rings. The number of nitrogens with zero attached hydrogens (tertiary/aromatic N) is 4. The van der Waals surface area contributed by atoms with Crippen molar-refractivity contribution in [2.75, 3.05) is 7.05 Å². The molecule has 0 saturated heterocycles. The topological polar surface area (TPSA) is 103 Å². The van der Waals surface area contributed by atoms with Crippen LogP contribution in [0.4, 0.5) is 5.69 Å². The number of hydrogen-bond acceptors (Lipinski definition) is 5. The minimum atomic E-state index is -0.437. The van der Waals surface area contributed by atoms with Crippen molar-refractivity contribution >= 4 is 11.6 Å². The molecule has 0 saturated carbocycles. The van der Waals surface area contributed by atoms with Crippen LogP contribution in [0.1, 0.15) is 27.3 Å². The normalized spacial score (nSPS) is 10.4. The molecular formula is C13H15N5O3. The van der Waals surface area contributed by atoms with Gasteiger partial charge in [0.1, 0.15) is 11.4 Å². The zero-order valence-corrected chi connectivity index (χ0v) is 12.0. The first-order chi connectivity index (χ1) is 9.93. The smallest absolute Gasteiger partial charge is 0.312 e. The highest BCUT2D eigenvalue weighted by Crippen LogP contribution is 2.22. The molecule has 8 nitrogen and oxygen atoms in total. The second-order valence-corrected chi connectivity index (χ2v) is 4.60. The monoisotopic (exact) mass is 289 g/mol. The molecule has 21 heavy (non-hydrogen) atoms. The summed E-state index contributed by atoms with van der Waals surface area (Å²) in [7, 11) is 1.54. The summed E-state index contributed by atoms with van der Waals surface area (Å²) >= 11 is 0. The Morgan fingerprint density at radius 1 is 1.43 bits per heavy atom. The van der Waals surface area contributed by atoms with Gasteiger partial charge in [0.05, 0.1) is 17.0 Å². The predicted octanol–water partition coefficient (Wildman–Crippen LogP) is 1.21. The Morgan fingerprint density at radius 3 is 2.71 bits per heavy atom. The average Bonchev–Trinajstić information content (AvgIpc) is 2.72. The quantitative estimate of drug-likeness (QED) is 0.673. The number of hydrogen-bond donors (Lipinski definition) is 1. The van der Waals surface area contributed by atoms with Gasteiger partial charge in [-0.05, 0) is 25.5 Å². The van der Waals surface area contributed by atoms with E-state index in [0.717, 1.165) is 5.56 Å². The molecule has 0 unspecified atom stereocenters. The van der Waals surface area contributed by atoms with Gasteiger partial charge in [-0.25, -0.2) is 0 Å². The number of rotatable bonds is 4. The van der Waals surface area contributed by atoms with E-state index in [0.29, 0.717) is 23.5 Å². The molecule has 8 heteroatoms. The number of nitro groups is 1. The highest BCUT2D eigenvalue weighted by atomic mass is 16.6. The van der Waals surface area contributed by atoms with Crippen LogP contribution in [-0.2, 0) is 6.54 Å². The molecule has 0 radical (unpaired) electrons. The van der Waals surface area contributed by atoms with E-state index in [1.54, 1.807) is 33.2 Å². The van der Waals surface area contributed by atoms with E-state index in [2.05, 4.69) is 15.4 Å². The molecule has 2 heterocycles. The maximum Gasteiger partial charge on any atom is 0.312 e. The molecule has 1 N–H and O–H groups in total. The van der Waals surface area contributed by atoms with Crippen molar-refractivity contribution in [1.29, 1.82) is 0 Å². The Hall–Kier alpha value is -2.77. The third-order valence-electron chi connectivity index (χ3n) is 3.14. The number of nitrogens with one attached hydrogen (secondary N) is 1. The van der Waals surface area contributed by atoms with Crippen molar-refractivity contribution in [3.05, 3.63) is 51.1 Å². The fourth-order valence-corrected chi connectivity index (χ4v) is 2.12. The summed E-state index contributed by atoms with van der Waals surface area (Å²) in [4.78, 5) is 26.1. The molecule has 0 aliphatic carbocycles. The van der Waals surface area contributed by atoms with Gasteiger partial charge < -0.3 is 5.32 Å². The van der Waals surface area contributed by atoms with Crippen molar-refractivity contribution in [3.63, 3.8) is 0 Å². The molecule has 0 spiro atoms. The fraction of sp³-hybridized carbons (Fsp3) is 0.308. The van der Waals surface area contributed by atoms with Gasteiger partial charge in [0.15, 0.2) is 0 Å². The van der Waals surface area contributed by atoms with Crippen LogP contribution in [0.15, 0.2) is 18.5 Å².